The summed E-state index contributed by atoms with van der Waals surface area (Å²) in [6.07, 6.45) is 1.33. The molecule has 106 valence electrons. The summed E-state index contributed by atoms with van der Waals surface area (Å²) in [5, 5.41) is 0. The number of esters is 1. The van der Waals surface area contributed by atoms with Gasteiger partial charge in [0.2, 0.25) is 0 Å². The van der Waals surface area contributed by atoms with Crippen LogP contribution < -0.4 is 0 Å². The zero-order valence-electron chi connectivity index (χ0n) is 11.6. The van der Waals surface area contributed by atoms with Crippen LogP contribution in [0.15, 0.2) is 0 Å². The Labute approximate surface area is 109 Å². The molecule has 0 aliphatic heterocycles. The van der Waals surface area contributed by atoms with Gasteiger partial charge in [0.15, 0.2) is 6.10 Å². The lowest BCUT2D eigenvalue weighted by molar-refractivity contribution is -0.159. The molecule has 0 rings (SSSR count). The molecule has 5 nitrogen and oxygen atoms in total. The first kappa shape index (κ1) is 17.1. The van der Waals surface area contributed by atoms with E-state index < -0.39 is 12.1 Å². The third-order valence-electron chi connectivity index (χ3n) is 2.21. The SMILES string of the molecule is CCCCOCCOC(CC(C)=O)C(=O)OCC. The first-order chi connectivity index (χ1) is 8.61. The maximum atomic E-state index is 11.5. The van der Waals surface area contributed by atoms with Gasteiger partial charge in [0.1, 0.15) is 5.78 Å². The van der Waals surface area contributed by atoms with Crippen molar-refractivity contribution in [1.82, 2.24) is 0 Å². The van der Waals surface area contributed by atoms with Gasteiger partial charge < -0.3 is 14.2 Å². The van der Waals surface area contributed by atoms with Gasteiger partial charge in [-0.2, -0.15) is 0 Å². The fourth-order valence-electron chi connectivity index (χ4n) is 1.30. The van der Waals surface area contributed by atoms with Crippen molar-refractivity contribution in [2.75, 3.05) is 26.4 Å². The van der Waals surface area contributed by atoms with E-state index in [-0.39, 0.29) is 18.8 Å². The number of carbonyl (C=O) groups excluding carboxylic acids is 2. The lowest BCUT2D eigenvalue weighted by Gasteiger charge is -2.15. The molecule has 0 amide bonds. The molecule has 18 heavy (non-hydrogen) atoms. The highest BCUT2D eigenvalue weighted by molar-refractivity contribution is 5.84. The molecule has 0 aromatic heterocycles. The molecule has 0 saturated carbocycles. The van der Waals surface area contributed by atoms with Gasteiger partial charge in [0.05, 0.1) is 19.8 Å². The molecular weight excluding hydrogens is 236 g/mol. The first-order valence-corrected chi connectivity index (χ1v) is 6.47. The number of hydrogen-bond donors (Lipinski definition) is 0. The molecule has 0 fully saturated rings. The van der Waals surface area contributed by atoms with Crippen LogP contribution in [-0.2, 0) is 23.8 Å². The Morgan fingerprint density at radius 1 is 1.11 bits per heavy atom. The zero-order valence-corrected chi connectivity index (χ0v) is 11.6. The van der Waals surface area contributed by atoms with Crippen LogP contribution in [0.1, 0.15) is 40.0 Å². The van der Waals surface area contributed by atoms with Crippen molar-refractivity contribution in [2.45, 2.75) is 46.1 Å². The monoisotopic (exact) mass is 260 g/mol. The van der Waals surface area contributed by atoms with Crippen molar-refractivity contribution in [3.63, 3.8) is 0 Å². The molecular formula is C13H24O5. The van der Waals surface area contributed by atoms with Crippen molar-refractivity contribution >= 4 is 11.8 Å². The molecule has 5 heteroatoms. The van der Waals surface area contributed by atoms with Gasteiger partial charge >= 0.3 is 5.97 Å². The number of ketones is 1. The normalized spacial score (nSPS) is 12.2. The van der Waals surface area contributed by atoms with E-state index in [0.29, 0.717) is 19.8 Å². The molecule has 0 saturated heterocycles. The molecule has 0 radical (unpaired) electrons. The van der Waals surface area contributed by atoms with E-state index in [9.17, 15) is 9.59 Å². The summed E-state index contributed by atoms with van der Waals surface area (Å²) < 4.78 is 15.5. The molecule has 0 heterocycles. The Morgan fingerprint density at radius 3 is 2.39 bits per heavy atom. The van der Waals surface area contributed by atoms with Gasteiger partial charge in [-0.15, -0.1) is 0 Å². The molecule has 1 atom stereocenters. The Kier molecular flexibility index (Phi) is 10.6. The number of ether oxygens (including phenoxy) is 3. The summed E-state index contributed by atoms with van der Waals surface area (Å²) in [4.78, 5) is 22.5. The van der Waals surface area contributed by atoms with E-state index in [1.807, 2.05) is 0 Å². The molecule has 0 aromatic carbocycles. The van der Waals surface area contributed by atoms with Gasteiger partial charge in [-0.25, -0.2) is 4.79 Å². The average Bonchev–Trinajstić information content (AvgIpc) is 2.32. The number of hydrogen-bond acceptors (Lipinski definition) is 5. The largest absolute Gasteiger partial charge is 0.464 e. The third-order valence-corrected chi connectivity index (χ3v) is 2.21. The summed E-state index contributed by atoms with van der Waals surface area (Å²) in [5.41, 5.74) is 0. The predicted octanol–water partition coefficient (Wildman–Crippen LogP) is 1.73. The second-order valence-corrected chi connectivity index (χ2v) is 3.98. The van der Waals surface area contributed by atoms with Crippen LogP contribution in [0.5, 0.6) is 0 Å². The zero-order chi connectivity index (χ0) is 13.8. The molecule has 0 bridgehead atoms. The van der Waals surface area contributed by atoms with E-state index in [2.05, 4.69) is 6.92 Å². The number of carbonyl (C=O) groups is 2. The fraction of sp³-hybridized carbons (Fsp3) is 0.846. The van der Waals surface area contributed by atoms with Crippen LogP contribution in [0.4, 0.5) is 0 Å². The summed E-state index contributed by atoms with van der Waals surface area (Å²) in [6.45, 7) is 6.92. The Hall–Kier alpha value is -0.940. The first-order valence-electron chi connectivity index (χ1n) is 6.47. The van der Waals surface area contributed by atoms with Crippen LogP contribution in [0.2, 0.25) is 0 Å². The number of rotatable bonds is 11. The molecule has 0 aliphatic rings. The maximum absolute atomic E-state index is 11.5. The van der Waals surface area contributed by atoms with Gasteiger partial charge in [0.25, 0.3) is 0 Å². The summed E-state index contributed by atoms with van der Waals surface area (Å²) >= 11 is 0. The quantitative estimate of drug-likeness (QED) is 0.418. The van der Waals surface area contributed by atoms with Gasteiger partial charge in [-0.3, -0.25) is 4.79 Å². The van der Waals surface area contributed by atoms with Crippen LogP contribution >= 0.6 is 0 Å². The van der Waals surface area contributed by atoms with E-state index in [0.717, 1.165) is 12.8 Å². The van der Waals surface area contributed by atoms with Crippen LogP contribution in [0, 0.1) is 0 Å². The minimum atomic E-state index is -0.808. The average molecular weight is 260 g/mol. The van der Waals surface area contributed by atoms with Gasteiger partial charge in [-0.1, -0.05) is 13.3 Å². The Bertz CT molecular complexity index is 240. The summed E-state index contributed by atoms with van der Waals surface area (Å²) in [6, 6.07) is 0. The molecule has 0 aliphatic carbocycles. The van der Waals surface area contributed by atoms with Crippen molar-refractivity contribution in [3.8, 4) is 0 Å². The molecule has 0 aromatic rings. The lowest BCUT2D eigenvalue weighted by Crippen LogP contribution is -2.30. The molecule has 1 unspecified atom stereocenters. The van der Waals surface area contributed by atoms with E-state index in [4.69, 9.17) is 14.2 Å². The van der Waals surface area contributed by atoms with Gasteiger partial charge in [-0.05, 0) is 20.3 Å². The van der Waals surface area contributed by atoms with Crippen molar-refractivity contribution < 1.29 is 23.8 Å². The van der Waals surface area contributed by atoms with Crippen LogP contribution in [0.25, 0.3) is 0 Å². The predicted molar refractivity (Wildman–Crippen MR) is 67.4 cm³/mol. The van der Waals surface area contributed by atoms with E-state index in [1.165, 1.54) is 6.92 Å². The standard InChI is InChI=1S/C13H24O5/c1-4-6-7-16-8-9-18-12(10-11(3)14)13(15)17-5-2/h12H,4-10H2,1-3H3. The van der Waals surface area contributed by atoms with Crippen molar-refractivity contribution in [3.05, 3.63) is 0 Å². The number of unbranched alkanes of at least 4 members (excludes halogenated alkanes) is 1. The minimum Gasteiger partial charge on any atom is -0.464 e. The second-order valence-electron chi connectivity index (χ2n) is 3.98. The lowest BCUT2D eigenvalue weighted by atomic mass is 10.2. The second kappa shape index (κ2) is 11.2. The fourth-order valence-corrected chi connectivity index (χ4v) is 1.30. The maximum Gasteiger partial charge on any atom is 0.335 e. The van der Waals surface area contributed by atoms with Crippen molar-refractivity contribution in [2.24, 2.45) is 0 Å². The Balaban J connectivity index is 3.86. The highest BCUT2D eigenvalue weighted by Gasteiger charge is 2.22. The highest BCUT2D eigenvalue weighted by atomic mass is 16.6. The van der Waals surface area contributed by atoms with Crippen LogP contribution in [0.3, 0.4) is 0 Å². The van der Waals surface area contributed by atoms with Gasteiger partial charge in [0, 0.05) is 13.0 Å². The topological polar surface area (TPSA) is 61.8 Å². The highest BCUT2D eigenvalue weighted by Crippen LogP contribution is 2.03. The molecule has 0 N–H and O–H groups in total. The molecule has 0 spiro atoms. The third kappa shape index (κ3) is 9.13. The van der Waals surface area contributed by atoms with Crippen molar-refractivity contribution in [1.29, 1.82) is 0 Å². The number of Topliss-reactive ketones (excluding diaryl/α,β-unsaturated/α-hetero) is 1. The Morgan fingerprint density at radius 2 is 1.83 bits per heavy atom. The van der Waals surface area contributed by atoms with E-state index >= 15 is 0 Å². The summed E-state index contributed by atoms with van der Waals surface area (Å²) in [5.74, 6) is -0.582. The minimum absolute atomic E-state index is 0.0494. The van der Waals surface area contributed by atoms with E-state index in [1.54, 1.807) is 6.92 Å². The smallest absolute Gasteiger partial charge is 0.335 e. The summed E-state index contributed by atoms with van der Waals surface area (Å²) in [7, 11) is 0. The van der Waals surface area contributed by atoms with Crippen LogP contribution in [-0.4, -0.2) is 44.3 Å².